The van der Waals surface area contributed by atoms with Gasteiger partial charge in [0.1, 0.15) is 11.6 Å². The maximum atomic E-state index is 11.2. The molecule has 1 aliphatic heterocycles. The lowest BCUT2D eigenvalue weighted by molar-refractivity contribution is 0.0494. The van der Waals surface area contributed by atoms with Gasteiger partial charge in [-0.25, -0.2) is 9.99 Å². The average Bonchev–Trinajstić information content (AvgIpc) is 2.17. The number of aromatic nitrogens is 2. The van der Waals surface area contributed by atoms with E-state index in [4.69, 9.17) is 4.74 Å². The second-order valence-corrected chi connectivity index (χ2v) is 3.43. The Balaban J connectivity index is 2.06. The van der Waals surface area contributed by atoms with Crippen LogP contribution in [0, 0.1) is 6.92 Å². The van der Waals surface area contributed by atoms with Gasteiger partial charge in [-0.05, 0) is 6.92 Å². The quantitative estimate of drug-likeness (QED) is 0.703. The molecule has 1 fully saturated rings. The molecule has 2 heterocycles. The summed E-state index contributed by atoms with van der Waals surface area (Å²) in [5, 5.41) is 1.99. The van der Waals surface area contributed by atoms with Crippen LogP contribution in [0.2, 0.25) is 0 Å². The van der Waals surface area contributed by atoms with Crippen LogP contribution in [0.5, 0.6) is 0 Å². The van der Waals surface area contributed by atoms with Crippen molar-refractivity contribution in [3.05, 3.63) is 22.2 Å². The van der Waals surface area contributed by atoms with Gasteiger partial charge < -0.3 is 15.1 Å². The smallest absolute Gasteiger partial charge is 0.253 e. The largest absolute Gasteiger partial charge is 0.379 e. The Kier molecular flexibility index (Phi) is 2.98. The first-order chi connectivity index (χ1) is 7.24. The Labute approximate surface area is 87.2 Å². The Morgan fingerprint density at radius 2 is 2.27 bits per heavy atom. The molecule has 0 aliphatic carbocycles. The minimum absolute atomic E-state index is 0.141. The van der Waals surface area contributed by atoms with Crippen LogP contribution in [0.4, 0.5) is 5.82 Å². The highest BCUT2D eigenvalue weighted by molar-refractivity contribution is 5.31. The summed E-state index contributed by atoms with van der Waals surface area (Å²) in [5.74, 6) is 1.19. The van der Waals surface area contributed by atoms with Gasteiger partial charge in [-0.1, -0.05) is 0 Å². The number of rotatable bonds is 2. The van der Waals surface area contributed by atoms with Gasteiger partial charge in [-0.15, -0.1) is 0 Å². The van der Waals surface area contributed by atoms with Crippen molar-refractivity contribution in [3.8, 4) is 0 Å². The first kappa shape index (κ1) is 10.1. The van der Waals surface area contributed by atoms with Crippen LogP contribution in [-0.4, -0.2) is 41.3 Å². The summed E-state index contributed by atoms with van der Waals surface area (Å²) < 4.78 is 5.21. The zero-order valence-electron chi connectivity index (χ0n) is 8.62. The predicted molar refractivity (Wildman–Crippen MR) is 55.6 cm³/mol. The molecule has 0 atom stereocenters. The van der Waals surface area contributed by atoms with E-state index < -0.39 is 0 Å². The third-order valence-corrected chi connectivity index (χ3v) is 2.14. The Bertz CT molecular complexity index is 384. The number of ether oxygens (including phenoxy) is 1. The number of hydrogen-bond donors (Lipinski definition) is 2. The highest BCUT2D eigenvalue weighted by Crippen LogP contribution is 2.02. The van der Waals surface area contributed by atoms with Crippen molar-refractivity contribution in [3.63, 3.8) is 0 Å². The molecule has 6 heteroatoms. The maximum absolute atomic E-state index is 11.2. The Morgan fingerprint density at radius 1 is 1.53 bits per heavy atom. The van der Waals surface area contributed by atoms with Gasteiger partial charge in [0.15, 0.2) is 0 Å². The minimum Gasteiger partial charge on any atom is -0.379 e. The van der Waals surface area contributed by atoms with Crippen molar-refractivity contribution >= 4 is 5.82 Å². The van der Waals surface area contributed by atoms with E-state index in [1.165, 1.54) is 6.07 Å². The van der Waals surface area contributed by atoms with Crippen LogP contribution >= 0.6 is 0 Å². The third-order valence-electron chi connectivity index (χ3n) is 2.14. The van der Waals surface area contributed by atoms with Crippen molar-refractivity contribution < 1.29 is 4.74 Å². The van der Waals surface area contributed by atoms with Crippen LogP contribution in [0.1, 0.15) is 5.82 Å². The van der Waals surface area contributed by atoms with E-state index in [0.717, 1.165) is 13.1 Å². The summed E-state index contributed by atoms with van der Waals surface area (Å²) in [6, 6.07) is 1.45. The number of nitrogens with one attached hydrogen (secondary N) is 2. The van der Waals surface area contributed by atoms with E-state index in [-0.39, 0.29) is 5.56 Å². The number of hydrogen-bond acceptors (Lipinski definition) is 5. The van der Waals surface area contributed by atoms with Gasteiger partial charge in [0.05, 0.1) is 13.2 Å². The maximum Gasteiger partial charge on any atom is 0.253 e. The second kappa shape index (κ2) is 4.41. The lowest BCUT2D eigenvalue weighted by Crippen LogP contribution is -2.40. The molecule has 82 valence electrons. The van der Waals surface area contributed by atoms with E-state index >= 15 is 0 Å². The van der Waals surface area contributed by atoms with E-state index in [1.807, 2.05) is 5.01 Å². The Morgan fingerprint density at radius 3 is 2.93 bits per heavy atom. The molecule has 1 aromatic rings. The fourth-order valence-corrected chi connectivity index (χ4v) is 1.47. The van der Waals surface area contributed by atoms with Gasteiger partial charge in [-0.2, -0.15) is 0 Å². The average molecular weight is 210 g/mol. The number of H-pyrrole nitrogens is 1. The van der Waals surface area contributed by atoms with Crippen molar-refractivity contribution in [1.29, 1.82) is 0 Å². The summed E-state index contributed by atoms with van der Waals surface area (Å²) >= 11 is 0. The van der Waals surface area contributed by atoms with E-state index in [2.05, 4.69) is 15.4 Å². The molecule has 0 bridgehead atoms. The predicted octanol–water partition coefficient (Wildman–Crippen LogP) is -0.263. The number of anilines is 1. The van der Waals surface area contributed by atoms with Gasteiger partial charge >= 0.3 is 0 Å². The SMILES string of the molecule is Cc1nc(NN2CCOCC2)cc(=O)[nH]1. The monoisotopic (exact) mass is 210 g/mol. The normalized spacial score (nSPS) is 17.7. The number of aromatic amines is 1. The van der Waals surface area contributed by atoms with Gasteiger partial charge in [0.2, 0.25) is 0 Å². The van der Waals surface area contributed by atoms with Crippen molar-refractivity contribution in [1.82, 2.24) is 15.0 Å². The highest BCUT2D eigenvalue weighted by atomic mass is 16.5. The molecule has 1 saturated heterocycles. The zero-order valence-corrected chi connectivity index (χ0v) is 8.62. The van der Waals surface area contributed by atoms with Crippen molar-refractivity contribution in [2.24, 2.45) is 0 Å². The number of nitrogens with zero attached hydrogens (tertiary/aromatic N) is 2. The van der Waals surface area contributed by atoms with Crippen LogP contribution in [0.15, 0.2) is 10.9 Å². The van der Waals surface area contributed by atoms with Gasteiger partial charge in [0, 0.05) is 19.2 Å². The molecule has 15 heavy (non-hydrogen) atoms. The molecule has 0 unspecified atom stereocenters. The molecular formula is C9H14N4O2. The molecule has 0 saturated carbocycles. The lowest BCUT2D eigenvalue weighted by atomic mass is 10.5. The fourth-order valence-electron chi connectivity index (χ4n) is 1.47. The summed E-state index contributed by atoms with van der Waals surface area (Å²) in [5.41, 5.74) is 2.94. The van der Waals surface area contributed by atoms with E-state index in [1.54, 1.807) is 6.92 Å². The summed E-state index contributed by atoms with van der Waals surface area (Å²) in [4.78, 5) is 18.0. The fraction of sp³-hybridized carbons (Fsp3) is 0.556. The first-order valence-electron chi connectivity index (χ1n) is 4.91. The summed E-state index contributed by atoms with van der Waals surface area (Å²) in [7, 11) is 0. The lowest BCUT2D eigenvalue weighted by Gasteiger charge is -2.27. The standard InChI is InChI=1S/C9H14N4O2/c1-7-10-8(6-9(14)11-7)12-13-2-4-15-5-3-13/h6H,2-5H2,1H3,(H2,10,11,12,14). The number of morpholine rings is 1. The molecule has 0 spiro atoms. The molecule has 0 radical (unpaired) electrons. The number of aryl methyl sites for hydroxylation is 1. The van der Waals surface area contributed by atoms with Gasteiger partial charge in [-0.3, -0.25) is 4.79 Å². The molecule has 2 N–H and O–H groups in total. The molecule has 1 aromatic heterocycles. The molecule has 0 amide bonds. The van der Waals surface area contributed by atoms with E-state index in [0.29, 0.717) is 24.9 Å². The van der Waals surface area contributed by atoms with Crippen molar-refractivity contribution in [2.75, 3.05) is 31.7 Å². The van der Waals surface area contributed by atoms with Gasteiger partial charge in [0.25, 0.3) is 5.56 Å². The Hall–Kier alpha value is -1.40. The van der Waals surface area contributed by atoms with Crippen LogP contribution in [-0.2, 0) is 4.74 Å². The topological polar surface area (TPSA) is 70.2 Å². The molecule has 2 rings (SSSR count). The molecule has 6 nitrogen and oxygen atoms in total. The van der Waals surface area contributed by atoms with Crippen LogP contribution in [0.25, 0.3) is 0 Å². The van der Waals surface area contributed by atoms with Crippen LogP contribution in [0.3, 0.4) is 0 Å². The highest BCUT2D eigenvalue weighted by Gasteiger charge is 2.10. The third kappa shape index (κ3) is 2.77. The van der Waals surface area contributed by atoms with E-state index in [9.17, 15) is 4.79 Å². The molecule has 1 aliphatic rings. The summed E-state index contributed by atoms with van der Waals surface area (Å²) in [6.07, 6.45) is 0. The van der Waals surface area contributed by atoms with Crippen LogP contribution < -0.4 is 11.0 Å². The molecular weight excluding hydrogens is 196 g/mol. The first-order valence-corrected chi connectivity index (χ1v) is 4.91. The molecule has 0 aromatic carbocycles. The minimum atomic E-state index is -0.141. The zero-order chi connectivity index (χ0) is 10.7. The number of hydrazine groups is 1. The summed E-state index contributed by atoms with van der Waals surface area (Å²) in [6.45, 7) is 4.76. The van der Waals surface area contributed by atoms with Crippen molar-refractivity contribution in [2.45, 2.75) is 6.92 Å². The second-order valence-electron chi connectivity index (χ2n) is 3.43.